The fraction of sp³-hybridized carbons (Fsp3) is 0. The lowest BCUT2D eigenvalue weighted by Gasteiger charge is -2.08. The van der Waals surface area contributed by atoms with Crippen molar-refractivity contribution in [1.29, 1.82) is 0 Å². The molecule has 0 aliphatic rings. The van der Waals surface area contributed by atoms with E-state index >= 15 is 0 Å². The molecule has 0 radical (unpaired) electrons. The summed E-state index contributed by atoms with van der Waals surface area (Å²) in [5.41, 5.74) is 1.22. The summed E-state index contributed by atoms with van der Waals surface area (Å²) >= 11 is 6.36. The third-order valence-electron chi connectivity index (χ3n) is 4.46. The van der Waals surface area contributed by atoms with E-state index in [9.17, 15) is 9.18 Å². The van der Waals surface area contributed by atoms with Gasteiger partial charge in [0, 0.05) is 17.1 Å². The van der Waals surface area contributed by atoms with Gasteiger partial charge in [0.15, 0.2) is 11.5 Å². The van der Waals surface area contributed by atoms with E-state index in [2.05, 4.69) is 25.4 Å². The second kappa shape index (κ2) is 7.16. The molecule has 7 nitrogen and oxygen atoms in total. The van der Waals surface area contributed by atoms with Crippen molar-refractivity contribution in [1.82, 2.24) is 24.6 Å². The van der Waals surface area contributed by atoms with E-state index in [1.54, 1.807) is 42.5 Å². The molecular weight excluding hydrogens is 407 g/mol. The highest BCUT2D eigenvalue weighted by Gasteiger charge is 2.17. The Morgan fingerprint density at radius 3 is 2.73 bits per heavy atom. The largest absolute Gasteiger partial charge is 0.319 e. The van der Waals surface area contributed by atoms with E-state index < -0.39 is 11.4 Å². The minimum absolute atomic E-state index is 0.211. The summed E-state index contributed by atoms with van der Waals surface area (Å²) in [5.74, 6) is 0.145. The third kappa shape index (κ3) is 3.13. The van der Waals surface area contributed by atoms with Gasteiger partial charge in [-0.15, -0.1) is 5.10 Å². The summed E-state index contributed by atoms with van der Waals surface area (Å²) in [7, 11) is 0. The number of nitrogens with zero attached hydrogens (tertiary/aromatic N) is 5. The molecule has 0 atom stereocenters. The predicted molar refractivity (Wildman–Crippen MR) is 112 cm³/mol. The van der Waals surface area contributed by atoms with E-state index in [0.29, 0.717) is 33.0 Å². The van der Waals surface area contributed by atoms with Gasteiger partial charge in [0.2, 0.25) is 5.95 Å². The Morgan fingerprint density at radius 1 is 1.00 bits per heavy atom. The van der Waals surface area contributed by atoms with Crippen LogP contribution in [-0.2, 0) is 0 Å². The van der Waals surface area contributed by atoms with Gasteiger partial charge in [0.25, 0.3) is 5.56 Å². The van der Waals surface area contributed by atoms with Crippen molar-refractivity contribution < 1.29 is 4.39 Å². The molecule has 146 valence electrons. The van der Waals surface area contributed by atoms with Gasteiger partial charge in [-0.25, -0.2) is 19.3 Å². The number of anilines is 2. The van der Waals surface area contributed by atoms with E-state index in [4.69, 9.17) is 11.6 Å². The number of nitrogens with one attached hydrogen (secondary N) is 1. The fourth-order valence-corrected chi connectivity index (χ4v) is 3.31. The molecule has 0 aliphatic carbocycles. The summed E-state index contributed by atoms with van der Waals surface area (Å²) in [6.45, 7) is 0. The van der Waals surface area contributed by atoms with Crippen molar-refractivity contribution in [3.63, 3.8) is 0 Å². The molecule has 30 heavy (non-hydrogen) atoms. The number of halogens is 2. The van der Waals surface area contributed by atoms with E-state index in [-0.39, 0.29) is 11.6 Å². The standard InChI is InChI=1S/C21H12ClFN6O/c22-15-8-4-7-14-17(15)26-21(25-16-9-1-2-10-24-20(16)30)29-19(14)27-18(28-29)12-5-3-6-13(23)11-12/h1-11H,(H,24,25,26,30). The average Bonchev–Trinajstić information content (AvgIpc) is 3.09. The smallest absolute Gasteiger partial charge is 0.293 e. The van der Waals surface area contributed by atoms with Gasteiger partial charge in [0.05, 0.1) is 10.5 Å². The lowest BCUT2D eigenvalue weighted by molar-refractivity contribution is 0.628. The van der Waals surface area contributed by atoms with Crippen molar-refractivity contribution >= 4 is 39.8 Å². The zero-order valence-corrected chi connectivity index (χ0v) is 16.0. The second-order valence-corrected chi connectivity index (χ2v) is 6.83. The maximum atomic E-state index is 13.7. The predicted octanol–water partition coefficient (Wildman–Crippen LogP) is 4.24. The molecule has 9 heteroatoms. The molecule has 0 saturated heterocycles. The number of benzene rings is 2. The second-order valence-electron chi connectivity index (χ2n) is 6.43. The van der Waals surface area contributed by atoms with Crippen LogP contribution in [-0.4, -0.2) is 24.6 Å². The van der Waals surface area contributed by atoms with Gasteiger partial charge in [-0.2, -0.15) is 4.52 Å². The first-order valence-corrected chi connectivity index (χ1v) is 9.31. The molecular formula is C21H12ClFN6O. The normalized spacial score (nSPS) is 11.1. The van der Waals surface area contributed by atoms with Crippen LogP contribution in [0.15, 0.2) is 71.7 Å². The quantitative estimate of drug-likeness (QED) is 0.472. The Kier molecular flexibility index (Phi) is 4.33. The Morgan fingerprint density at radius 2 is 1.87 bits per heavy atom. The summed E-state index contributed by atoms with van der Waals surface area (Å²) in [4.78, 5) is 25.2. The highest BCUT2D eigenvalue weighted by Crippen LogP contribution is 2.29. The van der Waals surface area contributed by atoms with Crippen LogP contribution >= 0.6 is 11.6 Å². The minimum Gasteiger partial charge on any atom is -0.319 e. The summed E-state index contributed by atoms with van der Waals surface area (Å²) in [5, 5.41) is 8.56. The lowest BCUT2D eigenvalue weighted by atomic mass is 10.2. The topological polar surface area (TPSA) is 85.1 Å². The third-order valence-corrected chi connectivity index (χ3v) is 4.77. The first kappa shape index (κ1) is 18.1. The Labute approximate surface area is 173 Å². The molecule has 0 spiro atoms. The van der Waals surface area contributed by atoms with Gasteiger partial charge in [-0.1, -0.05) is 35.9 Å². The minimum atomic E-state index is -0.459. The summed E-state index contributed by atoms with van der Waals surface area (Å²) in [6.07, 6.45) is 1.41. The molecule has 0 unspecified atom stereocenters. The number of para-hydroxylation sites is 1. The van der Waals surface area contributed by atoms with Crippen LogP contribution in [0.3, 0.4) is 0 Å². The highest BCUT2D eigenvalue weighted by molar-refractivity contribution is 6.35. The zero-order chi connectivity index (χ0) is 20.7. The number of rotatable bonds is 3. The van der Waals surface area contributed by atoms with Crippen LogP contribution < -0.4 is 10.9 Å². The zero-order valence-electron chi connectivity index (χ0n) is 15.3. The number of hydrogen-bond donors (Lipinski definition) is 1. The van der Waals surface area contributed by atoms with Crippen LogP contribution in [0.4, 0.5) is 16.0 Å². The van der Waals surface area contributed by atoms with Gasteiger partial charge in [0.1, 0.15) is 11.5 Å². The highest BCUT2D eigenvalue weighted by atomic mass is 35.5. The van der Waals surface area contributed by atoms with Crippen molar-refractivity contribution in [2.24, 2.45) is 0 Å². The maximum absolute atomic E-state index is 13.7. The van der Waals surface area contributed by atoms with Crippen LogP contribution in [0, 0.1) is 5.82 Å². The molecule has 1 N–H and O–H groups in total. The van der Waals surface area contributed by atoms with Crippen LogP contribution in [0.5, 0.6) is 0 Å². The molecule has 0 saturated carbocycles. The molecule has 3 aromatic heterocycles. The number of hydrogen-bond acceptors (Lipinski definition) is 6. The molecule has 5 rings (SSSR count). The SMILES string of the molecule is O=c1nccccc1Nc1nc2c(Cl)cccc2c2nc(-c3cccc(F)c3)nn12. The molecule has 0 amide bonds. The maximum Gasteiger partial charge on any atom is 0.293 e. The summed E-state index contributed by atoms with van der Waals surface area (Å²) in [6, 6.07) is 16.2. The Hall–Kier alpha value is -3.91. The summed E-state index contributed by atoms with van der Waals surface area (Å²) < 4.78 is 15.2. The van der Waals surface area contributed by atoms with Gasteiger partial charge in [-0.3, -0.25) is 4.79 Å². The molecule has 0 fully saturated rings. The molecule has 5 aromatic rings. The van der Waals surface area contributed by atoms with Crippen molar-refractivity contribution in [2.75, 3.05) is 5.32 Å². The van der Waals surface area contributed by atoms with Gasteiger partial charge >= 0.3 is 0 Å². The first-order chi connectivity index (χ1) is 14.6. The molecule has 2 aromatic carbocycles. The van der Waals surface area contributed by atoms with E-state index in [1.807, 2.05) is 6.07 Å². The number of fused-ring (bicyclic) bond motifs is 3. The van der Waals surface area contributed by atoms with Crippen LogP contribution in [0.2, 0.25) is 5.02 Å². The van der Waals surface area contributed by atoms with E-state index in [1.165, 1.54) is 22.8 Å². The Bertz CT molecular complexity index is 1490. The first-order valence-electron chi connectivity index (χ1n) is 8.93. The fourth-order valence-electron chi connectivity index (χ4n) is 3.10. The van der Waals surface area contributed by atoms with Gasteiger partial charge in [-0.05, 0) is 36.4 Å². The van der Waals surface area contributed by atoms with E-state index in [0.717, 1.165) is 0 Å². The van der Waals surface area contributed by atoms with Gasteiger partial charge < -0.3 is 5.32 Å². The number of aromatic nitrogens is 5. The van der Waals surface area contributed by atoms with Crippen molar-refractivity contribution in [2.45, 2.75) is 0 Å². The average molecular weight is 419 g/mol. The molecule has 3 heterocycles. The monoisotopic (exact) mass is 418 g/mol. The van der Waals surface area contributed by atoms with Crippen LogP contribution in [0.25, 0.3) is 27.9 Å². The lowest BCUT2D eigenvalue weighted by Crippen LogP contribution is -2.11. The van der Waals surface area contributed by atoms with Crippen molar-refractivity contribution in [3.8, 4) is 11.4 Å². The molecule has 0 aliphatic heterocycles. The van der Waals surface area contributed by atoms with Crippen LogP contribution in [0.1, 0.15) is 0 Å². The molecule has 0 bridgehead atoms. The Balaban J connectivity index is 1.79. The van der Waals surface area contributed by atoms with Crippen molar-refractivity contribution in [3.05, 3.63) is 88.1 Å².